The molecule has 0 aromatic heterocycles. The first kappa shape index (κ1) is 20.0. The van der Waals surface area contributed by atoms with Crippen molar-refractivity contribution < 1.29 is 13.2 Å². The Kier molecular flexibility index (Phi) is 6.44. The van der Waals surface area contributed by atoms with Gasteiger partial charge >= 0.3 is 0 Å². The maximum atomic E-state index is 12.6. The summed E-state index contributed by atoms with van der Waals surface area (Å²) < 4.78 is 27.0. The Morgan fingerprint density at radius 1 is 1.11 bits per heavy atom. The molecule has 0 spiro atoms. The topological polar surface area (TPSA) is 66.5 Å². The summed E-state index contributed by atoms with van der Waals surface area (Å²) in [5.41, 5.74) is 1.81. The molecule has 1 aliphatic carbocycles. The van der Waals surface area contributed by atoms with Crippen LogP contribution in [0.4, 0.5) is 0 Å². The SMILES string of the molecule is C=CCN(Cc1ccccc1)C(=O)/C=C/c1ccc(S(=O)(=O)NC2CC2)cc1. The third-order valence-electron chi connectivity index (χ3n) is 4.39. The highest BCUT2D eigenvalue weighted by atomic mass is 32.2. The zero-order valence-electron chi connectivity index (χ0n) is 15.6. The van der Waals surface area contributed by atoms with E-state index in [0.717, 1.165) is 24.0 Å². The van der Waals surface area contributed by atoms with E-state index < -0.39 is 10.0 Å². The molecule has 0 aliphatic heterocycles. The minimum absolute atomic E-state index is 0.0719. The maximum Gasteiger partial charge on any atom is 0.247 e. The summed E-state index contributed by atoms with van der Waals surface area (Å²) in [7, 11) is -3.46. The number of carbonyl (C=O) groups excluding carboxylic acids is 1. The third kappa shape index (κ3) is 5.65. The van der Waals surface area contributed by atoms with Crippen molar-refractivity contribution in [3.05, 3.63) is 84.5 Å². The smallest absolute Gasteiger partial charge is 0.247 e. The summed E-state index contributed by atoms with van der Waals surface area (Å²) in [6, 6.07) is 16.3. The van der Waals surface area contributed by atoms with Gasteiger partial charge < -0.3 is 4.90 Å². The number of nitrogens with one attached hydrogen (secondary N) is 1. The monoisotopic (exact) mass is 396 g/mol. The summed E-state index contributed by atoms with van der Waals surface area (Å²) in [5.74, 6) is -0.129. The fraction of sp³-hybridized carbons (Fsp3) is 0.227. The van der Waals surface area contributed by atoms with Gasteiger partial charge in [0.1, 0.15) is 0 Å². The zero-order valence-corrected chi connectivity index (χ0v) is 16.4. The second-order valence-electron chi connectivity index (χ2n) is 6.79. The summed E-state index contributed by atoms with van der Waals surface area (Å²) in [6.07, 6.45) is 6.67. The van der Waals surface area contributed by atoms with Crippen LogP contribution in [0.3, 0.4) is 0 Å². The predicted molar refractivity (Wildman–Crippen MR) is 111 cm³/mol. The minimum Gasteiger partial charge on any atom is -0.331 e. The van der Waals surface area contributed by atoms with E-state index in [1.807, 2.05) is 30.3 Å². The molecule has 0 atom stereocenters. The quantitative estimate of drug-likeness (QED) is 0.522. The Morgan fingerprint density at radius 2 is 1.79 bits per heavy atom. The molecule has 1 aliphatic rings. The Hall–Kier alpha value is -2.70. The highest BCUT2D eigenvalue weighted by Gasteiger charge is 2.27. The second-order valence-corrected chi connectivity index (χ2v) is 8.50. The van der Waals surface area contributed by atoms with Crippen molar-refractivity contribution in [3.8, 4) is 0 Å². The average Bonchev–Trinajstić information content (AvgIpc) is 3.50. The Balaban J connectivity index is 1.65. The molecule has 0 saturated heterocycles. The lowest BCUT2D eigenvalue weighted by atomic mass is 10.2. The minimum atomic E-state index is -3.46. The van der Waals surface area contributed by atoms with Crippen LogP contribution in [0.5, 0.6) is 0 Å². The fourth-order valence-electron chi connectivity index (χ4n) is 2.71. The van der Waals surface area contributed by atoms with Crippen molar-refractivity contribution in [2.24, 2.45) is 0 Å². The largest absolute Gasteiger partial charge is 0.331 e. The van der Waals surface area contributed by atoms with E-state index in [4.69, 9.17) is 0 Å². The molecule has 3 rings (SSSR count). The number of hydrogen-bond donors (Lipinski definition) is 1. The van der Waals surface area contributed by atoms with Crippen molar-refractivity contribution in [2.45, 2.75) is 30.3 Å². The van der Waals surface area contributed by atoms with E-state index in [1.165, 1.54) is 6.08 Å². The zero-order chi connectivity index (χ0) is 20.0. The molecule has 6 heteroatoms. The van der Waals surface area contributed by atoms with Crippen LogP contribution in [0.15, 0.2) is 78.2 Å². The highest BCUT2D eigenvalue weighted by Crippen LogP contribution is 2.22. The van der Waals surface area contributed by atoms with E-state index >= 15 is 0 Å². The molecular weight excluding hydrogens is 372 g/mol. The number of rotatable bonds is 9. The van der Waals surface area contributed by atoms with Crippen molar-refractivity contribution in [2.75, 3.05) is 6.54 Å². The molecule has 1 N–H and O–H groups in total. The number of nitrogens with zero attached hydrogens (tertiary/aromatic N) is 1. The lowest BCUT2D eigenvalue weighted by Crippen LogP contribution is -2.29. The van der Waals surface area contributed by atoms with Gasteiger partial charge in [-0.3, -0.25) is 4.79 Å². The molecule has 0 bridgehead atoms. The average molecular weight is 397 g/mol. The van der Waals surface area contributed by atoms with Crippen LogP contribution >= 0.6 is 0 Å². The van der Waals surface area contributed by atoms with E-state index in [9.17, 15) is 13.2 Å². The fourth-order valence-corrected chi connectivity index (χ4v) is 4.02. The molecule has 146 valence electrons. The van der Waals surface area contributed by atoms with Crippen molar-refractivity contribution in [1.29, 1.82) is 0 Å². The number of sulfonamides is 1. The maximum absolute atomic E-state index is 12.6. The second kappa shape index (κ2) is 8.99. The molecule has 5 nitrogen and oxygen atoms in total. The van der Waals surface area contributed by atoms with Crippen molar-refractivity contribution in [1.82, 2.24) is 9.62 Å². The van der Waals surface area contributed by atoms with Crippen molar-refractivity contribution >= 4 is 22.0 Å². The van der Waals surface area contributed by atoms with Crippen LogP contribution in [0.25, 0.3) is 6.08 Å². The molecule has 0 unspecified atom stereocenters. The summed E-state index contributed by atoms with van der Waals surface area (Å²) in [5, 5.41) is 0. The van der Waals surface area contributed by atoms with Crippen LogP contribution < -0.4 is 4.72 Å². The van der Waals surface area contributed by atoms with E-state index in [0.29, 0.717) is 13.1 Å². The van der Waals surface area contributed by atoms with E-state index in [-0.39, 0.29) is 16.8 Å². The van der Waals surface area contributed by atoms with Gasteiger partial charge in [0.05, 0.1) is 4.90 Å². The number of amides is 1. The Labute approximate surface area is 166 Å². The number of hydrogen-bond acceptors (Lipinski definition) is 3. The summed E-state index contributed by atoms with van der Waals surface area (Å²) in [4.78, 5) is 14.5. The van der Waals surface area contributed by atoms with Gasteiger partial charge in [-0.1, -0.05) is 48.5 Å². The van der Waals surface area contributed by atoms with Crippen LogP contribution in [-0.2, 0) is 21.4 Å². The molecule has 1 saturated carbocycles. The summed E-state index contributed by atoms with van der Waals surface area (Å²) >= 11 is 0. The first-order chi connectivity index (χ1) is 13.5. The number of benzene rings is 2. The van der Waals surface area contributed by atoms with Gasteiger partial charge in [-0.05, 0) is 42.2 Å². The highest BCUT2D eigenvalue weighted by molar-refractivity contribution is 7.89. The Bertz CT molecular complexity index is 947. The number of carbonyl (C=O) groups is 1. The normalized spacial score (nSPS) is 14.1. The van der Waals surface area contributed by atoms with Gasteiger partial charge in [0, 0.05) is 25.2 Å². The lowest BCUT2D eigenvalue weighted by molar-refractivity contribution is -0.126. The molecule has 0 radical (unpaired) electrons. The molecular formula is C22H24N2O3S. The van der Waals surface area contributed by atoms with E-state index in [2.05, 4.69) is 11.3 Å². The lowest BCUT2D eigenvalue weighted by Gasteiger charge is -2.19. The third-order valence-corrected chi connectivity index (χ3v) is 5.92. The van der Waals surface area contributed by atoms with Gasteiger partial charge in [0.25, 0.3) is 0 Å². The van der Waals surface area contributed by atoms with Gasteiger partial charge in [-0.2, -0.15) is 0 Å². The van der Waals surface area contributed by atoms with Crippen LogP contribution in [0.2, 0.25) is 0 Å². The predicted octanol–water partition coefficient (Wildman–Crippen LogP) is 3.36. The van der Waals surface area contributed by atoms with Gasteiger partial charge in [0.2, 0.25) is 15.9 Å². The summed E-state index contributed by atoms with van der Waals surface area (Å²) in [6.45, 7) is 4.67. The first-order valence-corrected chi connectivity index (χ1v) is 10.7. The molecule has 0 heterocycles. The first-order valence-electron chi connectivity index (χ1n) is 9.22. The molecule has 2 aromatic carbocycles. The molecule has 1 fully saturated rings. The Morgan fingerprint density at radius 3 is 2.39 bits per heavy atom. The van der Waals surface area contributed by atoms with Crippen LogP contribution in [-0.4, -0.2) is 31.8 Å². The van der Waals surface area contributed by atoms with Gasteiger partial charge in [-0.15, -0.1) is 6.58 Å². The van der Waals surface area contributed by atoms with Crippen molar-refractivity contribution in [3.63, 3.8) is 0 Å². The van der Waals surface area contributed by atoms with Gasteiger partial charge in [-0.25, -0.2) is 13.1 Å². The van der Waals surface area contributed by atoms with Crippen LogP contribution in [0, 0.1) is 0 Å². The standard InChI is InChI=1S/C22H24N2O3S/c1-2-16-24(17-19-6-4-3-5-7-19)22(25)15-10-18-8-13-21(14-9-18)28(26,27)23-20-11-12-20/h2-10,13-15,20,23H,1,11-12,16-17H2/b15-10+. The van der Waals surface area contributed by atoms with E-state index in [1.54, 1.807) is 41.3 Å². The molecule has 28 heavy (non-hydrogen) atoms. The van der Waals surface area contributed by atoms with Gasteiger partial charge in [0.15, 0.2) is 0 Å². The molecule has 2 aromatic rings. The van der Waals surface area contributed by atoms with Crippen LogP contribution in [0.1, 0.15) is 24.0 Å². The molecule has 1 amide bonds.